The molecule has 1 amide bonds. The first-order valence-electron chi connectivity index (χ1n) is 6.78. The molecule has 0 unspecified atom stereocenters. The zero-order valence-electron chi connectivity index (χ0n) is 11.8. The summed E-state index contributed by atoms with van der Waals surface area (Å²) in [5.41, 5.74) is 5.57. The zero-order chi connectivity index (χ0) is 16.4. The number of hydrazine groups is 1. The Kier molecular flexibility index (Phi) is 3.72. The minimum absolute atomic E-state index is 0.0239. The first-order chi connectivity index (χ1) is 11.1. The van der Waals surface area contributed by atoms with Crippen molar-refractivity contribution in [1.29, 1.82) is 0 Å². The van der Waals surface area contributed by atoms with Crippen molar-refractivity contribution in [1.82, 2.24) is 10.9 Å². The van der Waals surface area contributed by atoms with Gasteiger partial charge in [0.1, 0.15) is 11.5 Å². The Morgan fingerprint density at radius 2 is 1.57 bits per heavy atom. The first-order valence-corrected chi connectivity index (χ1v) is 6.78. The van der Waals surface area contributed by atoms with Crippen LogP contribution in [0.2, 0.25) is 0 Å². The largest absolute Gasteiger partial charge is 0.294 e. The van der Waals surface area contributed by atoms with Crippen molar-refractivity contribution < 1.29 is 18.8 Å². The molecule has 1 aliphatic carbocycles. The molecule has 0 saturated heterocycles. The number of nitrogens with one attached hydrogen (secondary N) is 2. The number of benzene rings is 2. The van der Waals surface area contributed by atoms with Crippen LogP contribution >= 0.6 is 0 Å². The molecule has 0 fully saturated rings. The van der Waals surface area contributed by atoms with Gasteiger partial charge in [0.05, 0.1) is 0 Å². The average molecular weight is 310 g/mol. The molecular weight excluding hydrogens is 299 g/mol. The number of allylic oxidation sites excluding steroid dienone is 2. The van der Waals surface area contributed by atoms with E-state index in [2.05, 4.69) is 10.9 Å². The monoisotopic (exact) mass is 310 g/mol. The number of ketones is 2. The van der Waals surface area contributed by atoms with E-state index in [0.717, 1.165) is 18.2 Å². The molecule has 0 atom stereocenters. The van der Waals surface area contributed by atoms with Crippen LogP contribution in [-0.4, -0.2) is 17.5 Å². The predicted octanol–water partition coefficient (Wildman–Crippen LogP) is 2.02. The molecule has 0 spiro atoms. The maximum absolute atomic E-state index is 12.8. The van der Waals surface area contributed by atoms with E-state index >= 15 is 0 Å². The maximum Gasteiger partial charge on any atom is 0.269 e. The molecule has 2 N–H and O–H groups in total. The predicted molar refractivity (Wildman–Crippen MR) is 80.2 cm³/mol. The number of carbonyl (C=O) groups excluding carboxylic acids is 3. The van der Waals surface area contributed by atoms with Crippen molar-refractivity contribution >= 4 is 17.5 Å². The average Bonchev–Trinajstić information content (AvgIpc) is 2.57. The Morgan fingerprint density at radius 1 is 0.913 bits per heavy atom. The number of amides is 1. The van der Waals surface area contributed by atoms with Gasteiger partial charge in [0, 0.05) is 22.8 Å². The van der Waals surface area contributed by atoms with E-state index in [1.165, 1.54) is 12.1 Å². The third-order valence-corrected chi connectivity index (χ3v) is 3.37. The minimum atomic E-state index is -0.551. The number of rotatable bonds is 3. The molecule has 0 heterocycles. The van der Waals surface area contributed by atoms with Gasteiger partial charge in [-0.15, -0.1) is 0 Å². The van der Waals surface area contributed by atoms with Crippen molar-refractivity contribution in [2.75, 3.05) is 0 Å². The van der Waals surface area contributed by atoms with Gasteiger partial charge in [0.25, 0.3) is 5.91 Å². The lowest BCUT2D eigenvalue weighted by Crippen LogP contribution is -2.40. The number of hydrogen-bond acceptors (Lipinski definition) is 4. The van der Waals surface area contributed by atoms with Crippen LogP contribution < -0.4 is 10.9 Å². The Bertz CT molecular complexity index is 841. The molecule has 1 aliphatic rings. The fraction of sp³-hybridized carbons (Fsp3) is 0. The van der Waals surface area contributed by atoms with Gasteiger partial charge in [-0.05, 0) is 24.3 Å². The number of halogens is 1. The fourth-order valence-corrected chi connectivity index (χ4v) is 2.21. The van der Waals surface area contributed by atoms with E-state index in [-0.39, 0.29) is 28.4 Å². The topological polar surface area (TPSA) is 75.3 Å². The number of fused-ring (bicyclic) bond motifs is 1. The molecule has 0 aromatic heterocycles. The van der Waals surface area contributed by atoms with Gasteiger partial charge in [-0.25, -0.2) is 4.39 Å². The second-order valence-electron chi connectivity index (χ2n) is 4.88. The summed E-state index contributed by atoms with van der Waals surface area (Å²) in [5.74, 6) is -1.72. The summed E-state index contributed by atoms with van der Waals surface area (Å²) >= 11 is 0. The molecular formula is C17H11FN2O3. The number of carbonyl (C=O) groups is 3. The SMILES string of the molecule is O=C(NNC1=CC(=O)c2ccccc2C1=O)c1ccc(F)cc1. The van der Waals surface area contributed by atoms with Crippen LogP contribution in [0.25, 0.3) is 0 Å². The van der Waals surface area contributed by atoms with Crippen LogP contribution in [0, 0.1) is 5.82 Å². The van der Waals surface area contributed by atoms with Crippen LogP contribution in [0.15, 0.2) is 60.3 Å². The summed E-state index contributed by atoms with van der Waals surface area (Å²) in [5, 5.41) is 0. The normalized spacial score (nSPS) is 13.2. The van der Waals surface area contributed by atoms with Gasteiger partial charge >= 0.3 is 0 Å². The van der Waals surface area contributed by atoms with Gasteiger partial charge in [-0.3, -0.25) is 25.2 Å². The van der Waals surface area contributed by atoms with E-state index in [0.29, 0.717) is 5.56 Å². The van der Waals surface area contributed by atoms with Crippen LogP contribution in [-0.2, 0) is 0 Å². The Hall–Kier alpha value is -3.28. The fourth-order valence-electron chi connectivity index (χ4n) is 2.21. The lowest BCUT2D eigenvalue weighted by atomic mass is 9.93. The lowest BCUT2D eigenvalue weighted by molar-refractivity contribution is 0.0923. The van der Waals surface area contributed by atoms with Crippen molar-refractivity contribution in [2.24, 2.45) is 0 Å². The number of hydrogen-bond donors (Lipinski definition) is 2. The van der Waals surface area contributed by atoms with Crippen LogP contribution in [0.5, 0.6) is 0 Å². The number of Topliss-reactive ketones (excluding diaryl/α,β-unsaturated/α-hetero) is 1. The Balaban J connectivity index is 1.74. The van der Waals surface area contributed by atoms with Crippen molar-refractivity contribution in [3.63, 3.8) is 0 Å². The molecule has 2 aromatic rings. The highest BCUT2D eigenvalue weighted by atomic mass is 19.1. The zero-order valence-corrected chi connectivity index (χ0v) is 11.8. The molecule has 23 heavy (non-hydrogen) atoms. The summed E-state index contributed by atoms with van der Waals surface area (Å²) in [6, 6.07) is 11.4. The van der Waals surface area contributed by atoms with Crippen LogP contribution in [0.3, 0.4) is 0 Å². The van der Waals surface area contributed by atoms with Gasteiger partial charge in [-0.2, -0.15) is 0 Å². The summed E-state index contributed by atoms with van der Waals surface area (Å²) in [6.45, 7) is 0. The second-order valence-corrected chi connectivity index (χ2v) is 4.88. The molecule has 0 aliphatic heterocycles. The molecule has 0 radical (unpaired) electrons. The quantitative estimate of drug-likeness (QED) is 0.851. The van der Waals surface area contributed by atoms with E-state index in [9.17, 15) is 18.8 Å². The molecule has 0 saturated carbocycles. The van der Waals surface area contributed by atoms with Gasteiger partial charge in [0.2, 0.25) is 5.78 Å². The molecule has 114 valence electrons. The van der Waals surface area contributed by atoms with Gasteiger partial charge in [-0.1, -0.05) is 24.3 Å². The van der Waals surface area contributed by atoms with Gasteiger partial charge < -0.3 is 0 Å². The van der Waals surface area contributed by atoms with E-state index < -0.39 is 11.7 Å². The molecule has 0 bridgehead atoms. The summed E-state index contributed by atoms with van der Waals surface area (Å²) < 4.78 is 12.8. The van der Waals surface area contributed by atoms with Crippen molar-refractivity contribution in [3.8, 4) is 0 Å². The van der Waals surface area contributed by atoms with Crippen molar-refractivity contribution in [2.45, 2.75) is 0 Å². The van der Waals surface area contributed by atoms with Crippen LogP contribution in [0.4, 0.5) is 4.39 Å². The maximum atomic E-state index is 12.8. The van der Waals surface area contributed by atoms with E-state index in [1.54, 1.807) is 24.3 Å². The van der Waals surface area contributed by atoms with E-state index in [1.807, 2.05) is 0 Å². The Morgan fingerprint density at radius 3 is 2.26 bits per heavy atom. The highest BCUT2D eigenvalue weighted by Crippen LogP contribution is 2.19. The third-order valence-electron chi connectivity index (χ3n) is 3.37. The third kappa shape index (κ3) is 2.87. The summed E-state index contributed by atoms with van der Waals surface area (Å²) in [4.78, 5) is 36.2. The molecule has 2 aromatic carbocycles. The Labute approximate surface area is 130 Å². The highest BCUT2D eigenvalue weighted by molar-refractivity contribution is 6.24. The summed E-state index contributed by atoms with van der Waals surface area (Å²) in [7, 11) is 0. The highest BCUT2D eigenvalue weighted by Gasteiger charge is 2.25. The molecule has 5 nitrogen and oxygen atoms in total. The standard InChI is InChI=1S/C17H11FN2O3/c18-11-7-5-10(6-8-11)17(23)20-19-14-9-15(21)12-3-1-2-4-13(12)16(14)22/h1-9,19H,(H,20,23). The first kappa shape index (κ1) is 14.6. The van der Waals surface area contributed by atoms with Crippen LogP contribution in [0.1, 0.15) is 31.1 Å². The minimum Gasteiger partial charge on any atom is -0.294 e. The lowest BCUT2D eigenvalue weighted by Gasteiger charge is -2.16. The molecule has 3 rings (SSSR count). The molecule has 6 heteroatoms. The smallest absolute Gasteiger partial charge is 0.269 e. The van der Waals surface area contributed by atoms with Gasteiger partial charge in [0.15, 0.2) is 5.78 Å². The summed E-state index contributed by atoms with van der Waals surface area (Å²) in [6.07, 6.45) is 1.13. The second kappa shape index (κ2) is 5.84. The van der Waals surface area contributed by atoms with E-state index in [4.69, 9.17) is 0 Å². The van der Waals surface area contributed by atoms with Crippen molar-refractivity contribution in [3.05, 3.63) is 82.8 Å².